The average Bonchev–Trinajstić information content (AvgIpc) is 3.10. The van der Waals surface area contributed by atoms with Gasteiger partial charge >= 0.3 is 0 Å². The number of hydrogen-bond donors (Lipinski definition) is 2. The Labute approximate surface area is 269 Å². The second-order valence-electron chi connectivity index (χ2n) is 11.7. The van der Waals surface area contributed by atoms with E-state index < -0.39 is 46.8 Å². The molecular formula is C36H35F5N2O4. The molecule has 1 amide bonds. The molecule has 0 unspecified atom stereocenters. The third-order valence-corrected chi connectivity index (χ3v) is 8.68. The van der Waals surface area contributed by atoms with Gasteiger partial charge in [-0.25, -0.2) is 22.0 Å². The zero-order chi connectivity index (χ0) is 33.8. The maximum atomic E-state index is 14.1. The summed E-state index contributed by atoms with van der Waals surface area (Å²) in [5.74, 6) is -12.6. The number of benzene rings is 4. The van der Waals surface area contributed by atoms with Gasteiger partial charge in [0.1, 0.15) is 5.56 Å². The van der Waals surface area contributed by atoms with E-state index in [9.17, 15) is 31.9 Å². The number of aliphatic hydroxyl groups is 1. The van der Waals surface area contributed by atoms with Crippen LogP contribution in [-0.2, 0) is 22.6 Å². The lowest BCUT2D eigenvalue weighted by atomic mass is 9.89. The molecule has 0 radical (unpaired) electrons. The Hall–Kier alpha value is -4.16. The van der Waals surface area contributed by atoms with Crippen molar-refractivity contribution >= 4 is 5.91 Å². The highest BCUT2D eigenvalue weighted by Crippen LogP contribution is 2.42. The molecule has 1 heterocycles. The van der Waals surface area contributed by atoms with Gasteiger partial charge in [0.05, 0.1) is 18.8 Å². The number of hydrogen-bond acceptors (Lipinski definition) is 5. The number of likely N-dealkylation sites (N-methyl/N-ethyl adjacent to an activating group) is 1. The van der Waals surface area contributed by atoms with Gasteiger partial charge in [0.15, 0.2) is 29.6 Å². The lowest BCUT2D eigenvalue weighted by Crippen LogP contribution is -2.44. The van der Waals surface area contributed by atoms with E-state index in [0.717, 1.165) is 11.1 Å². The largest absolute Gasteiger partial charge is 0.392 e. The summed E-state index contributed by atoms with van der Waals surface area (Å²) >= 11 is 0. The molecule has 1 aliphatic rings. The van der Waals surface area contributed by atoms with E-state index in [0.29, 0.717) is 17.7 Å². The molecule has 5 rings (SSSR count). The van der Waals surface area contributed by atoms with Gasteiger partial charge in [-0.3, -0.25) is 9.69 Å². The summed E-state index contributed by atoms with van der Waals surface area (Å²) < 4.78 is 81.7. The summed E-state index contributed by atoms with van der Waals surface area (Å²) in [5.41, 5.74) is 2.50. The molecular weight excluding hydrogens is 619 g/mol. The van der Waals surface area contributed by atoms with Crippen molar-refractivity contribution in [1.29, 1.82) is 0 Å². The molecule has 0 saturated carbocycles. The number of ether oxygens (including phenoxy) is 2. The van der Waals surface area contributed by atoms with Gasteiger partial charge in [0, 0.05) is 30.6 Å². The first-order valence-electron chi connectivity index (χ1n) is 15.1. The van der Waals surface area contributed by atoms with Crippen LogP contribution in [0.1, 0.15) is 70.5 Å². The molecule has 0 spiro atoms. The highest BCUT2D eigenvalue weighted by Gasteiger charge is 2.39. The second-order valence-corrected chi connectivity index (χ2v) is 11.7. The summed E-state index contributed by atoms with van der Waals surface area (Å²) in [6.07, 6.45) is -1.35. The van der Waals surface area contributed by atoms with Crippen molar-refractivity contribution in [3.05, 3.63) is 141 Å². The first kappa shape index (κ1) is 34.2. The fourth-order valence-corrected chi connectivity index (χ4v) is 5.62. The van der Waals surface area contributed by atoms with Gasteiger partial charge < -0.3 is 19.9 Å². The van der Waals surface area contributed by atoms with E-state index in [1.165, 1.54) is 5.56 Å². The summed E-state index contributed by atoms with van der Waals surface area (Å²) in [6.45, 7) is 4.48. The highest BCUT2D eigenvalue weighted by atomic mass is 19.2. The van der Waals surface area contributed by atoms with E-state index in [1.54, 1.807) is 24.3 Å². The van der Waals surface area contributed by atoms with Crippen molar-refractivity contribution in [1.82, 2.24) is 10.2 Å². The monoisotopic (exact) mass is 654 g/mol. The number of rotatable bonds is 10. The predicted octanol–water partition coefficient (Wildman–Crippen LogP) is 7.29. The van der Waals surface area contributed by atoms with E-state index in [4.69, 9.17) is 9.47 Å². The number of nitrogens with one attached hydrogen (secondary N) is 1. The number of aliphatic hydroxyl groups excluding tert-OH is 1. The average molecular weight is 655 g/mol. The summed E-state index contributed by atoms with van der Waals surface area (Å²) in [7, 11) is 2.04. The normalized spacial score (nSPS) is 20.3. The molecule has 6 nitrogen and oxygen atoms in total. The van der Waals surface area contributed by atoms with Gasteiger partial charge in [0.25, 0.3) is 5.91 Å². The number of halogens is 5. The molecule has 1 fully saturated rings. The number of carbonyl (C=O) groups excluding carboxylic acids is 1. The van der Waals surface area contributed by atoms with Gasteiger partial charge in [-0.2, -0.15) is 0 Å². The molecule has 0 aromatic heterocycles. The number of amides is 1. The van der Waals surface area contributed by atoms with Gasteiger partial charge in [-0.1, -0.05) is 85.8 Å². The zero-order valence-electron chi connectivity index (χ0n) is 26.0. The topological polar surface area (TPSA) is 71.0 Å². The van der Waals surface area contributed by atoms with Crippen molar-refractivity contribution in [3.63, 3.8) is 0 Å². The third-order valence-electron chi connectivity index (χ3n) is 8.68. The summed E-state index contributed by atoms with van der Waals surface area (Å²) in [5, 5.41) is 11.7. The minimum Gasteiger partial charge on any atom is -0.392 e. The second kappa shape index (κ2) is 14.7. The SMILES string of the molecule is C[C@@H]1[C@H](CN(C)[C@@H](C)c2ccccc2)O[C@H](c2ccc(CNC(=O)c3c(F)c(F)c(F)c(F)c3F)cc2)O[C@@H]1c1ccc(CO)cc1. The van der Waals surface area contributed by atoms with E-state index in [2.05, 4.69) is 36.2 Å². The fraction of sp³-hybridized carbons (Fsp3) is 0.306. The van der Waals surface area contributed by atoms with Crippen LogP contribution in [-0.4, -0.2) is 35.6 Å². The number of carbonyl (C=O) groups is 1. The van der Waals surface area contributed by atoms with Gasteiger partial charge in [-0.15, -0.1) is 0 Å². The van der Waals surface area contributed by atoms with Crippen LogP contribution in [0.2, 0.25) is 0 Å². The maximum Gasteiger partial charge on any atom is 0.257 e. The van der Waals surface area contributed by atoms with Crippen LogP contribution in [0.5, 0.6) is 0 Å². The van der Waals surface area contributed by atoms with Crippen LogP contribution < -0.4 is 5.32 Å². The smallest absolute Gasteiger partial charge is 0.257 e. The quantitative estimate of drug-likeness (QED) is 0.107. The first-order chi connectivity index (χ1) is 22.5. The molecule has 0 aliphatic carbocycles. The minimum absolute atomic E-state index is 0.0481. The maximum absolute atomic E-state index is 14.1. The molecule has 5 atom stereocenters. The Morgan fingerprint density at radius 2 is 1.36 bits per heavy atom. The first-order valence-corrected chi connectivity index (χ1v) is 15.1. The van der Waals surface area contributed by atoms with Gasteiger partial charge in [-0.05, 0) is 36.2 Å². The van der Waals surface area contributed by atoms with Crippen molar-refractivity contribution < 1.29 is 41.3 Å². The molecule has 248 valence electrons. The Balaban J connectivity index is 1.33. The third kappa shape index (κ3) is 7.38. The van der Waals surface area contributed by atoms with Crippen LogP contribution in [0.25, 0.3) is 0 Å². The molecule has 2 N–H and O–H groups in total. The lowest BCUT2D eigenvalue weighted by molar-refractivity contribution is -0.276. The van der Waals surface area contributed by atoms with Crippen LogP contribution >= 0.6 is 0 Å². The van der Waals surface area contributed by atoms with E-state index in [-0.39, 0.29) is 37.3 Å². The van der Waals surface area contributed by atoms with Crippen LogP contribution in [0.15, 0.2) is 78.9 Å². The van der Waals surface area contributed by atoms with Crippen LogP contribution in [0, 0.1) is 35.0 Å². The highest BCUT2D eigenvalue weighted by molar-refractivity contribution is 5.94. The van der Waals surface area contributed by atoms with Crippen molar-refractivity contribution in [2.45, 2.75) is 51.5 Å². The van der Waals surface area contributed by atoms with Crippen molar-refractivity contribution in [3.8, 4) is 0 Å². The fourth-order valence-electron chi connectivity index (χ4n) is 5.62. The van der Waals surface area contributed by atoms with E-state index in [1.807, 2.05) is 49.5 Å². The molecule has 4 aromatic rings. The van der Waals surface area contributed by atoms with Gasteiger partial charge in [0.2, 0.25) is 5.82 Å². The molecule has 1 aliphatic heterocycles. The summed E-state index contributed by atoms with van der Waals surface area (Å²) in [4.78, 5) is 14.6. The Morgan fingerprint density at radius 1 is 0.809 bits per heavy atom. The van der Waals surface area contributed by atoms with Crippen LogP contribution in [0.3, 0.4) is 0 Å². The molecule has 11 heteroatoms. The molecule has 4 aromatic carbocycles. The number of nitrogens with zero attached hydrogens (tertiary/aromatic N) is 1. The standard InChI is InChI=1S/C36H35F5N2O4/c1-20-27(18-43(3)21(2)24-7-5-4-6-8-24)46-36(47-34(20)25-13-11-23(19-44)12-14-25)26-15-9-22(10-16-26)17-42-35(45)28-29(37)31(39)33(41)32(40)30(28)38/h4-16,20-21,27,34,36,44H,17-19H2,1-3H3,(H,42,45)/t20-,21+,27+,34+,36+/m1/s1. The zero-order valence-corrected chi connectivity index (χ0v) is 26.0. The minimum atomic E-state index is -2.34. The van der Waals surface area contributed by atoms with Crippen LogP contribution in [0.4, 0.5) is 22.0 Å². The van der Waals surface area contributed by atoms with Crippen molar-refractivity contribution in [2.75, 3.05) is 13.6 Å². The molecule has 47 heavy (non-hydrogen) atoms. The Bertz CT molecular complexity index is 1660. The Morgan fingerprint density at radius 3 is 1.96 bits per heavy atom. The lowest BCUT2D eigenvalue weighted by Gasteiger charge is -2.43. The predicted molar refractivity (Wildman–Crippen MR) is 164 cm³/mol. The van der Waals surface area contributed by atoms with Crippen molar-refractivity contribution in [2.24, 2.45) is 5.92 Å². The Kier molecular flexibility index (Phi) is 10.7. The van der Waals surface area contributed by atoms with E-state index >= 15 is 0 Å². The molecule has 0 bridgehead atoms. The summed E-state index contributed by atoms with van der Waals surface area (Å²) in [6, 6.07) is 24.6. The molecule has 1 saturated heterocycles.